The van der Waals surface area contributed by atoms with Crippen molar-refractivity contribution < 1.29 is 27.9 Å². The van der Waals surface area contributed by atoms with Crippen LogP contribution in [0.4, 0.5) is 18.9 Å². The minimum atomic E-state index is -4.54. The SMILES string of the molecule is CCC(CCO)NC(=O)C(=O)Nc1cccc(C(F)(F)F)c1C. The Morgan fingerprint density at radius 2 is 1.91 bits per heavy atom. The number of benzene rings is 1. The maximum atomic E-state index is 12.8. The molecule has 0 saturated heterocycles. The number of aliphatic hydroxyl groups excluding tert-OH is 1. The van der Waals surface area contributed by atoms with Crippen LogP contribution < -0.4 is 10.6 Å². The van der Waals surface area contributed by atoms with E-state index in [1.165, 1.54) is 13.0 Å². The fourth-order valence-electron chi connectivity index (χ4n) is 2.04. The number of carbonyl (C=O) groups is 2. The van der Waals surface area contributed by atoms with Gasteiger partial charge in [-0.15, -0.1) is 0 Å². The quantitative estimate of drug-likeness (QED) is 0.724. The zero-order valence-electron chi connectivity index (χ0n) is 12.8. The van der Waals surface area contributed by atoms with E-state index in [0.29, 0.717) is 6.42 Å². The lowest BCUT2D eigenvalue weighted by Gasteiger charge is -2.17. The van der Waals surface area contributed by atoms with Crippen molar-refractivity contribution in [3.8, 4) is 0 Å². The molecule has 5 nitrogen and oxygen atoms in total. The van der Waals surface area contributed by atoms with Crippen LogP contribution in [0.3, 0.4) is 0 Å². The van der Waals surface area contributed by atoms with Crippen molar-refractivity contribution in [3.63, 3.8) is 0 Å². The highest BCUT2D eigenvalue weighted by atomic mass is 19.4. The third-order valence-corrected chi connectivity index (χ3v) is 3.40. The molecule has 0 aromatic heterocycles. The van der Waals surface area contributed by atoms with Crippen molar-refractivity contribution >= 4 is 17.5 Å². The maximum absolute atomic E-state index is 12.8. The van der Waals surface area contributed by atoms with Crippen LogP contribution in [0.1, 0.15) is 30.9 Å². The molecule has 0 radical (unpaired) electrons. The Balaban J connectivity index is 2.84. The van der Waals surface area contributed by atoms with E-state index in [2.05, 4.69) is 10.6 Å². The predicted octanol–water partition coefficient (Wildman–Crippen LogP) is 2.23. The zero-order valence-corrected chi connectivity index (χ0v) is 12.8. The lowest BCUT2D eigenvalue weighted by molar-refractivity contribution is -0.138. The first-order chi connectivity index (χ1) is 10.7. The molecule has 1 aromatic rings. The second-order valence-corrected chi connectivity index (χ2v) is 5.02. The number of alkyl halides is 3. The van der Waals surface area contributed by atoms with Gasteiger partial charge in [-0.1, -0.05) is 13.0 Å². The summed E-state index contributed by atoms with van der Waals surface area (Å²) in [4.78, 5) is 23.6. The van der Waals surface area contributed by atoms with Gasteiger partial charge in [0.1, 0.15) is 0 Å². The second-order valence-electron chi connectivity index (χ2n) is 5.02. The van der Waals surface area contributed by atoms with Crippen LogP contribution >= 0.6 is 0 Å². The van der Waals surface area contributed by atoms with Crippen LogP contribution in [0, 0.1) is 6.92 Å². The topological polar surface area (TPSA) is 78.4 Å². The molecule has 0 aliphatic rings. The van der Waals surface area contributed by atoms with Gasteiger partial charge in [0.2, 0.25) is 0 Å². The molecular weight excluding hydrogens is 313 g/mol. The maximum Gasteiger partial charge on any atom is 0.416 e. The summed E-state index contributed by atoms with van der Waals surface area (Å²) in [5.41, 5.74) is -1.11. The molecule has 0 spiro atoms. The average Bonchev–Trinajstić information content (AvgIpc) is 2.47. The molecule has 3 N–H and O–H groups in total. The van der Waals surface area contributed by atoms with Crippen molar-refractivity contribution in [1.82, 2.24) is 5.32 Å². The minimum absolute atomic E-state index is 0.0739. The number of amides is 2. The van der Waals surface area contributed by atoms with Crippen LogP contribution in [-0.4, -0.2) is 29.6 Å². The van der Waals surface area contributed by atoms with E-state index in [0.717, 1.165) is 12.1 Å². The van der Waals surface area contributed by atoms with Crippen LogP contribution in [0.5, 0.6) is 0 Å². The summed E-state index contributed by atoms with van der Waals surface area (Å²) < 4.78 is 38.4. The monoisotopic (exact) mass is 332 g/mol. The van der Waals surface area contributed by atoms with Gasteiger partial charge in [0.15, 0.2) is 0 Å². The smallest absolute Gasteiger partial charge is 0.396 e. The number of aliphatic hydroxyl groups is 1. The first-order valence-electron chi connectivity index (χ1n) is 7.10. The third kappa shape index (κ3) is 5.24. The van der Waals surface area contributed by atoms with Crippen molar-refractivity contribution in [1.29, 1.82) is 0 Å². The van der Waals surface area contributed by atoms with E-state index in [1.807, 2.05) is 0 Å². The molecule has 1 aromatic carbocycles. The summed E-state index contributed by atoms with van der Waals surface area (Å²) in [6.07, 6.45) is -3.73. The molecule has 1 atom stereocenters. The highest BCUT2D eigenvalue weighted by Gasteiger charge is 2.33. The van der Waals surface area contributed by atoms with Crippen LogP contribution in [0.25, 0.3) is 0 Å². The van der Waals surface area contributed by atoms with Gasteiger partial charge < -0.3 is 15.7 Å². The largest absolute Gasteiger partial charge is 0.416 e. The first kappa shape index (κ1) is 19.0. The molecule has 0 bridgehead atoms. The summed E-state index contributed by atoms with van der Waals surface area (Å²) in [5.74, 6) is -2.01. The van der Waals surface area contributed by atoms with E-state index in [-0.39, 0.29) is 30.3 Å². The van der Waals surface area contributed by atoms with Gasteiger partial charge in [0.05, 0.1) is 5.56 Å². The van der Waals surface area contributed by atoms with Gasteiger partial charge in [-0.3, -0.25) is 9.59 Å². The highest BCUT2D eigenvalue weighted by molar-refractivity contribution is 6.39. The number of halogens is 3. The Bertz CT molecular complexity index is 574. The Morgan fingerprint density at radius 1 is 1.26 bits per heavy atom. The molecule has 0 fully saturated rings. The van der Waals surface area contributed by atoms with Gasteiger partial charge in [-0.25, -0.2) is 0 Å². The molecular formula is C15H19F3N2O3. The number of rotatable bonds is 5. The van der Waals surface area contributed by atoms with Gasteiger partial charge in [0, 0.05) is 18.3 Å². The molecule has 0 saturated carbocycles. The van der Waals surface area contributed by atoms with Crippen molar-refractivity contribution in [2.75, 3.05) is 11.9 Å². The summed E-state index contributed by atoms with van der Waals surface area (Å²) in [6.45, 7) is 2.85. The molecule has 128 valence electrons. The Morgan fingerprint density at radius 3 is 2.43 bits per heavy atom. The number of hydrogen-bond donors (Lipinski definition) is 3. The van der Waals surface area contributed by atoms with E-state index in [9.17, 15) is 22.8 Å². The Labute approximate surface area is 131 Å². The first-order valence-corrected chi connectivity index (χ1v) is 7.10. The summed E-state index contributed by atoms with van der Waals surface area (Å²) in [5, 5.41) is 13.4. The van der Waals surface area contributed by atoms with Crippen LogP contribution in [0.2, 0.25) is 0 Å². The van der Waals surface area contributed by atoms with E-state index in [4.69, 9.17) is 5.11 Å². The molecule has 2 amide bonds. The molecule has 8 heteroatoms. The average molecular weight is 332 g/mol. The lowest BCUT2D eigenvalue weighted by Crippen LogP contribution is -2.42. The molecule has 0 heterocycles. The van der Waals surface area contributed by atoms with Crippen molar-refractivity contribution in [2.24, 2.45) is 0 Å². The standard InChI is InChI=1S/C15H19F3N2O3/c1-3-10(7-8-21)19-13(22)14(23)20-12-6-4-5-11(9(12)2)15(16,17)18/h4-6,10,21H,3,7-8H2,1-2H3,(H,19,22)(H,20,23). The van der Waals surface area contributed by atoms with Gasteiger partial charge in [-0.05, 0) is 37.5 Å². The Kier molecular flexibility index (Phi) is 6.56. The normalized spacial score (nSPS) is 12.6. The van der Waals surface area contributed by atoms with E-state index < -0.39 is 23.6 Å². The molecule has 0 aliphatic heterocycles. The summed E-state index contributed by atoms with van der Waals surface area (Å²) in [6, 6.07) is 2.98. The second kappa shape index (κ2) is 7.96. The van der Waals surface area contributed by atoms with Gasteiger partial charge in [-0.2, -0.15) is 13.2 Å². The number of carbonyl (C=O) groups excluding carboxylic acids is 2. The highest BCUT2D eigenvalue weighted by Crippen LogP contribution is 2.34. The predicted molar refractivity (Wildman–Crippen MR) is 78.7 cm³/mol. The Hall–Kier alpha value is -2.09. The van der Waals surface area contributed by atoms with Crippen LogP contribution in [-0.2, 0) is 15.8 Å². The number of hydrogen-bond acceptors (Lipinski definition) is 3. The van der Waals surface area contributed by atoms with Gasteiger partial charge >= 0.3 is 18.0 Å². The van der Waals surface area contributed by atoms with E-state index >= 15 is 0 Å². The van der Waals surface area contributed by atoms with Crippen molar-refractivity contribution in [2.45, 2.75) is 38.9 Å². The molecule has 0 aliphatic carbocycles. The lowest BCUT2D eigenvalue weighted by atomic mass is 10.1. The minimum Gasteiger partial charge on any atom is -0.396 e. The van der Waals surface area contributed by atoms with Crippen molar-refractivity contribution in [3.05, 3.63) is 29.3 Å². The number of nitrogens with one attached hydrogen (secondary N) is 2. The fraction of sp³-hybridized carbons (Fsp3) is 0.467. The van der Waals surface area contributed by atoms with Gasteiger partial charge in [0.25, 0.3) is 0 Å². The fourth-order valence-corrected chi connectivity index (χ4v) is 2.04. The number of anilines is 1. The molecule has 1 unspecified atom stereocenters. The summed E-state index contributed by atoms with van der Waals surface area (Å²) in [7, 11) is 0. The molecule has 1 rings (SSSR count). The van der Waals surface area contributed by atoms with E-state index in [1.54, 1.807) is 6.92 Å². The van der Waals surface area contributed by atoms with Crippen LogP contribution in [0.15, 0.2) is 18.2 Å². The zero-order chi connectivity index (χ0) is 17.6. The summed E-state index contributed by atoms with van der Waals surface area (Å²) >= 11 is 0. The third-order valence-electron chi connectivity index (χ3n) is 3.40. The molecule has 23 heavy (non-hydrogen) atoms.